The maximum atomic E-state index is 6.01. The van der Waals surface area contributed by atoms with Crippen molar-refractivity contribution in [3.05, 3.63) is 49.9 Å². The first-order valence-electron chi connectivity index (χ1n) is 5.42. The van der Waals surface area contributed by atoms with Gasteiger partial charge >= 0.3 is 0 Å². The number of nitrogens with one attached hydrogen (secondary N) is 1. The summed E-state index contributed by atoms with van der Waals surface area (Å²) in [7, 11) is 0. The lowest BCUT2D eigenvalue weighted by Gasteiger charge is -2.15. The number of nitrogens with zero attached hydrogens (tertiary/aromatic N) is 1. The molecule has 0 saturated carbocycles. The van der Waals surface area contributed by atoms with Crippen molar-refractivity contribution in [2.24, 2.45) is 5.84 Å². The van der Waals surface area contributed by atoms with E-state index in [1.165, 1.54) is 0 Å². The summed E-state index contributed by atoms with van der Waals surface area (Å²) in [6, 6.07) is 5.49. The third kappa shape index (κ3) is 3.22. The van der Waals surface area contributed by atoms with Gasteiger partial charge < -0.3 is 0 Å². The third-order valence-corrected chi connectivity index (χ3v) is 4.19. The van der Waals surface area contributed by atoms with Gasteiger partial charge in [-0.1, -0.05) is 29.3 Å². The number of rotatable bonds is 4. The predicted octanol–water partition coefficient (Wildman–Crippen LogP) is 3.51. The fourth-order valence-electron chi connectivity index (χ4n) is 1.71. The highest BCUT2D eigenvalue weighted by Crippen LogP contribution is 2.27. The van der Waals surface area contributed by atoms with Gasteiger partial charge in [0, 0.05) is 11.8 Å². The van der Waals surface area contributed by atoms with Crippen molar-refractivity contribution in [1.29, 1.82) is 0 Å². The summed E-state index contributed by atoms with van der Waals surface area (Å²) in [6.07, 6.45) is 0.721. The third-order valence-electron chi connectivity index (χ3n) is 2.63. The molecule has 3 nitrogen and oxygen atoms in total. The van der Waals surface area contributed by atoms with E-state index in [4.69, 9.17) is 29.0 Å². The van der Waals surface area contributed by atoms with Gasteiger partial charge in [0.1, 0.15) is 0 Å². The van der Waals surface area contributed by atoms with Crippen molar-refractivity contribution >= 4 is 34.5 Å². The average Bonchev–Trinajstić information content (AvgIpc) is 2.75. The number of benzene rings is 1. The molecule has 0 radical (unpaired) electrons. The molecule has 0 fully saturated rings. The number of hydrogen-bond acceptors (Lipinski definition) is 4. The highest BCUT2D eigenvalue weighted by molar-refractivity contribution is 7.09. The predicted molar refractivity (Wildman–Crippen MR) is 77.1 cm³/mol. The monoisotopic (exact) mass is 301 g/mol. The molecule has 0 bridgehead atoms. The molecule has 18 heavy (non-hydrogen) atoms. The van der Waals surface area contributed by atoms with Crippen molar-refractivity contribution in [2.75, 3.05) is 0 Å². The molecular weight excluding hydrogens is 289 g/mol. The highest BCUT2D eigenvalue weighted by atomic mass is 35.5. The van der Waals surface area contributed by atoms with E-state index >= 15 is 0 Å². The van der Waals surface area contributed by atoms with E-state index in [0.29, 0.717) is 10.0 Å². The lowest BCUT2D eigenvalue weighted by Crippen LogP contribution is -2.29. The van der Waals surface area contributed by atoms with Gasteiger partial charge in [-0.15, -0.1) is 11.3 Å². The first kappa shape index (κ1) is 13.8. The summed E-state index contributed by atoms with van der Waals surface area (Å²) >= 11 is 13.5. The number of thiazole rings is 1. The van der Waals surface area contributed by atoms with Gasteiger partial charge in [0.25, 0.3) is 0 Å². The Bertz CT molecular complexity index is 542. The number of hydrazine groups is 1. The smallest absolute Gasteiger partial charge is 0.0897 e. The normalized spacial score (nSPS) is 12.7. The van der Waals surface area contributed by atoms with Crippen molar-refractivity contribution < 1.29 is 0 Å². The highest BCUT2D eigenvalue weighted by Gasteiger charge is 2.13. The SMILES string of the molecule is Cc1nc(CC(NN)c2ccc(Cl)c(Cl)c2)cs1. The second-order valence-corrected chi connectivity index (χ2v) is 5.83. The molecule has 2 rings (SSSR count). The molecule has 0 aliphatic rings. The van der Waals surface area contributed by atoms with Gasteiger partial charge in [0.15, 0.2) is 0 Å². The molecule has 6 heteroatoms. The maximum absolute atomic E-state index is 6.01. The molecule has 96 valence electrons. The molecule has 0 aliphatic heterocycles. The number of aromatic nitrogens is 1. The Labute approximate surface area is 120 Å². The quantitative estimate of drug-likeness (QED) is 0.671. The van der Waals surface area contributed by atoms with Gasteiger partial charge in [0.05, 0.1) is 26.8 Å². The molecule has 0 saturated heterocycles. The first-order valence-corrected chi connectivity index (χ1v) is 7.06. The largest absolute Gasteiger partial charge is 0.271 e. The molecule has 0 spiro atoms. The zero-order chi connectivity index (χ0) is 13.1. The summed E-state index contributed by atoms with van der Waals surface area (Å²) in [5, 5.41) is 4.16. The Hall–Kier alpha value is -0.650. The fourth-order valence-corrected chi connectivity index (χ4v) is 2.65. The van der Waals surface area contributed by atoms with Crippen molar-refractivity contribution in [3.63, 3.8) is 0 Å². The second-order valence-electron chi connectivity index (χ2n) is 3.95. The molecule has 3 N–H and O–H groups in total. The topological polar surface area (TPSA) is 50.9 Å². The van der Waals surface area contributed by atoms with Crippen LogP contribution in [0, 0.1) is 6.92 Å². The summed E-state index contributed by atoms with van der Waals surface area (Å²) in [5.41, 5.74) is 4.80. The van der Waals surface area contributed by atoms with Crippen molar-refractivity contribution in [3.8, 4) is 0 Å². The van der Waals surface area contributed by atoms with Crippen LogP contribution >= 0.6 is 34.5 Å². The van der Waals surface area contributed by atoms with Crippen LogP contribution in [0.25, 0.3) is 0 Å². The zero-order valence-corrected chi connectivity index (χ0v) is 12.1. The Morgan fingerprint density at radius 1 is 1.39 bits per heavy atom. The lowest BCUT2D eigenvalue weighted by atomic mass is 10.0. The van der Waals surface area contributed by atoms with Gasteiger partial charge in [-0.05, 0) is 24.6 Å². The zero-order valence-electron chi connectivity index (χ0n) is 9.78. The summed E-state index contributed by atoms with van der Waals surface area (Å²) < 4.78 is 0. The van der Waals surface area contributed by atoms with E-state index in [1.807, 2.05) is 24.4 Å². The Morgan fingerprint density at radius 2 is 2.17 bits per heavy atom. The van der Waals surface area contributed by atoms with E-state index in [1.54, 1.807) is 17.4 Å². The van der Waals surface area contributed by atoms with E-state index in [2.05, 4.69) is 10.4 Å². The van der Waals surface area contributed by atoms with E-state index < -0.39 is 0 Å². The second kappa shape index (κ2) is 5.99. The summed E-state index contributed by atoms with van der Waals surface area (Å²) in [6.45, 7) is 1.98. The van der Waals surface area contributed by atoms with E-state index in [0.717, 1.165) is 22.7 Å². The van der Waals surface area contributed by atoms with Gasteiger partial charge in [-0.25, -0.2) is 4.98 Å². The molecule has 1 atom stereocenters. The van der Waals surface area contributed by atoms with Gasteiger partial charge in [-0.2, -0.15) is 0 Å². The Balaban J connectivity index is 2.19. The molecule has 1 aromatic carbocycles. The van der Waals surface area contributed by atoms with Gasteiger partial charge in [-0.3, -0.25) is 11.3 Å². The van der Waals surface area contributed by atoms with Crippen LogP contribution in [0.3, 0.4) is 0 Å². The van der Waals surface area contributed by atoms with Gasteiger partial charge in [0.2, 0.25) is 0 Å². The molecule has 0 aliphatic carbocycles. The van der Waals surface area contributed by atoms with Crippen LogP contribution < -0.4 is 11.3 Å². The minimum Gasteiger partial charge on any atom is -0.271 e. The number of nitrogens with two attached hydrogens (primary N) is 1. The van der Waals surface area contributed by atoms with Crippen molar-refractivity contribution in [2.45, 2.75) is 19.4 Å². The van der Waals surface area contributed by atoms with Crippen LogP contribution in [-0.4, -0.2) is 4.98 Å². The molecule has 1 heterocycles. The Morgan fingerprint density at radius 3 is 2.72 bits per heavy atom. The average molecular weight is 302 g/mol. The minimum absolute atomic E-state index is 0.0266. The standard InChI is InChI=1S/C12H13Cl2N3S/c1-7-16-9(6-18-7)5-12(17-15)8-2-3-10(13)11(14)4-8/h2-4,6,12,17H,5,15H2,1H3. The minimum atomic E-state index is -0.0266. The number of hydrogen-bond donors (Lipinski definition) is 2. The molecule has 0 amide bonds. The molecule has 1 unspecified atom stereocenters. The maximum Gasteiger partial charge on any atom is 0.0897 e. The fraction of sp³-hybridized carbons (Fsp3) is 0.250. The summed E-state index contributed by atoms with van der Waals surface area (Å²) in [4.78, 5) is 4.43. The molecule has 1 aromatic heterocycles. The van der Waals surface area contributed by atoms with Crippen LogP contribution in [-0.2, 0) is 6.42 Å². The van der Waals surface area contributed by atoms with Crippen LogP contribution in [0.1, 0.15) is 22.3 Å². The summed E-state index contributed by atoms with van der Waals surface area (Å²) in [5.74, 6) is 5.60. The number of aryl methyl sites for hydroxylation is 1. The van der Waals surface area contributed by atoms with Crippen LogP contribution in [0.4, 0.5) is 0 Å². The van der Waals surface area contributed by atoms with E-state index in [9.17, 15) is 0 Å². The van der Waals surface area contributed by atoms with E-state index in [-0.39, 0.29) is 6.04 Å². The lowest BCUT2D eigenvalue weighted by molar-refractivity contribution is 0.547. The first-order chi connectivity index (χ1) is 8.60. The Kier molecular flexibility index (Phi) is 4.59. The van der Waals surface area contributed by atoms with Crippen LogP contribution in [0.15, 0.2) is 23.6 Å². The van der Waals surface area contributed by atoms with Crippen molar-refractivity contribution in [1.82, 2.24) is 10.4 Å². The van der Waals surface area contributed by atoms with Crippen LogP contribution in [0.5, 0.6) is 0 Å². The van der Waals surface area contributed by atoms with Crippen LogP contribution in [0.2, 0.25) is 10.0 Å². The molecule has 2 aromatic rings. The molecular formula is C12H13Cl2N3S. The number of halogens is 2.